The van der Waals surface area contributed by atoms with Gasteiger partial charge in [0.25, 0.3) is 0 Å². The third-order valence-corrected chi connectivity index (χ3v) is 3.81. The molecule has 130 valence electrons. The van der Waals surface area contributed by atoms with Crippen LogP contribution in [0.1, 0.15) is 32.4 Å². The molecule has 0 aliphatic carbocycles. The highest BCUT2D eigenvalue weighted by atomic mass is 32.1. The van der Waals surface area contributed by atoms with Gasteiger partial charge in [-0.1, -0.05) is 6.07 Å². The van der Waals surface area contributed by atoms with Crippen molar-refractivity contribution >= 4 is 23.3 Å². The molecule has 0 bridgehead atoms. The number of hydrogen-bond acceptors (Lipinski definition) is 5. The summed E-state index contributed by atoms with van der Waals surface area (Å²) >= 11 is 5.23. The molecule has 24 heavy (non-hydrogen) atoms. The number of ether oxygens (including phenoxy) is 3. The smallest absolute Gasteiger partial charge is 0.338 e. The van der Waals surface area contributed by atoms with Gasteiger partial charge >= 0.3 is 5.97 Å². The second kappa shape index (κ2) is 8.01. The van der Waals surface area contributed by atoms with Crippen molar-refractivity contribution in [2.24, 2.45) is 0 Å². The molecule has 1 aliphatic rings. The topological polar surface area (TPSA) is 68.8 Å². The van der Waals surface area contributed by atoms with Crippen molar-refractivity contribution in [1.29, 1.82) is 0 Å². The largest absolute Gasteiger partial charge is 0.493 e. The Labute approximate surface area is 147 Å². The van der Waals surface area contributed by atoms with Crippen LogP contribution >= 0.6 is 12.2 Å². The van der Waals surface area contributed by atoms with Gasteiger partial charge in [0, 0.05) is 5.70 Å². The highest BCUT2D eigenvalue weighted by Crippen LogP contribution is 2.34. The van der Waals surface area contributed by atoms with Crippen LogP contribution in [0.25, 0.3) is 0 Å². The van der Waals surface area contributed by atoms with Gasteiger partial charge in [0.1, 0.15) is 0 Å². The van der Waals surface area contributed by atoms with E-state index in [0.717, 1.165) is 5.56 Å². The quantitative estimate of drug-likeness (QED) is 0.603. The fourth-order valence-corrected chi connectivity index (χ4v) is 2.84. The fraction of sp³-hybridized carbons (Fsp3) is 0.412. The van der Waals surface area contributed by atoms with Crippen LogP contribution in [0.4, 0.5) is 0 Å². The summed E-state index contributed by atoms with van der Waals surface area (Å²) in [6.07, 6.45) is 0. The number of allylic oxidation sites excluding steroid dienone is 1. The summed E-state index contributed by atoms with van der Waals surface area (Å²) in [7, 11) is 1.59. The Kier molecular flexibility index (Phi) is 6.03. The van der Waals surface area contributed by atoms with E-state index in [1.54, 1.807) is 21.0 Å². The number of thiocarbonyl (C=S) groups is 1. The molecule has 7 heteroatoms. The molecular formula is C17H22N2O4S. The molecule has 1 aromatic rings. The van der Waals surface area contributed by atoms with Crippen LogP contribution in [0.15, 0.2) is 29.5 Å². The van der Waals surface area contributed by atoms with Crippen molar-refractivity contribution < 1.29 is 19.0 Å². The lowest BCUT2D eigenvalue weighted by atomic mass is 9.95. The molecular weight excluding hydrogens is 328 g/mol. The number of carbonyl (C=O) groups is 1. The molecule has 1 aliphatic heterocycles. The minimum absolute atomic E-state index is 0.305. The Morgan fingerprint density at radius 1 is 1.25 bits per heavy atom. The minimum atomic E-state index is -0.414. The monoisotopic (exact) mass is 350 g/mol. The molecule has 1 aromatic carbocycles. The van der Waals surface area contributed by atoms with Crippen LogP contribution in [0.3, 0.4) is 0 Å². The standard InChI is InChI=1S/C17H22N2O4S/c1-5-22-13-9-11(7-8-12(13)21-4)15-14(16(20)23-6-2)10(3)18-17(24)19-15/h7-9,15H,5-6H2,1-4H3,(H2,18,19,24)/t15-/m1/s1. The summed E-state index contributed by atoms with van der Waals surface area (Å²) in [5, 5.41) is 6.56. The van der Waals surface area contributed by atoms with Gasteiger partial charge in [0.05, 0.1) is 31.9 Å². The van der Waals surface area contributed by atoms with E-state index in [1.165, 1.54) is 0 Å². The predicted molar refractivity (Wildman–Crippen MR) is 95.1 cm³/mol. The summed E-state index contributed by atoms with van der Waals surface area (Å²) in [5.41, 5.74) is 2.01. The van der Waals surface area contributed by atoms with Gasteiger partial charge in [0.15, 0.2) is 16.6 Å². The highest BCUT2D eigenvalue weighted by molar-refractivity contribution is 7.80. The molecule has 0 saturated carbocycles. The molecule has 0 aromatic heterocycles. The van der Waals surface area contributed by atoms with Gasteiger partial charge in [-0.05, 0) is 50.7 Å². The number of hydrogen-bond donors (Lipinski definition) is 2. The lowest BCUT2D eigenvalue weighted by Gasteiger charge is -2.30. The van der Waals surface area contributed by atoms with Crippen molar-refractivity contribution in [3.8, 4) is 11.5 Å². The van der Waals surface area contributed by atoms with Crippen LogP contribution in [0.5, 0.6) is 11.5 Å². The summed E-state index contributed by atoms with van der Waals surface area (Å²) < 4.78 is 16.1. The molecule has 1 atom stereocenters. The average molecular weight is 350 g/mol. The SMILES string of the molecule is CCOC(=O)C1=C(C)NC(=S)N[C@@H]1c1ccc(OC)c(OCC)c1. The summed E-state index contributed by atoms with van der Waals surface area (Å²) in [6.45, 7) is 6.30. The number of nitrogens with one attached hydrogen (secondary N) is 2. The van der Waals surface area contributed by atoms with Crippen LogP contribution in [0, 0.1) is 0 Å². The zero-order chi connectivity index (χ0) is 17.7. The Hall–Kier alpha value is -2.28. The predicted octanol–water partition coefficient (Wildman–Crippen LogP) is 2.45. The third-order valence-electron chi connectivity index (χ3n) is 3.59. The van der Waals surface area contributed by atoms with Gasteiger partial charge in [-0.2, -0.15) is 0 Å². The lowest BCUT2D eigenvalue weighted by Crippen LogP contribution is -2.45. The summed E-state index contributed by atoms with van der Waals surface area (Å²) in [4.78, 5) is 12.4. The molecule has 2 rings (SSSR count). The van der Waals surface area contributed by atoms with Crippen LogP contribution in [0.2, 0.25) is 0 Å². The van der Waals surface area contributed by atoms with Crippen molar-refractivity contribution in [1.82, 2.24) is 10.6 Å². The Balaban J connectivity index is 2.47. The summed E-state index contributed by atoms with van der Waals surface area (Å²) in [6, 6.07) is 5.12. The molecule has 0 spiro atoms. The average Bonchev–Trinajstić information content (AvgIpc) is 2.54. The number of carbonyl (C=O) groups excluding carboxylic acids is 1. The first-order valence-electron chi connectivity index (χ1n) is 7.77. The van der Waals surface area contributed by atoms with Gasteiger partial charge in [-0.15, -0.1) is 0 Å². The fourth-order valence-electron chi connectivity index (χ4n) is 2.56. The van der Waals surface area contributed by atoms with E-state index in [2.05, 4.69) is 10.6 Å². The number of benzene rings is 1. The van der Waals surface area contributed by atoms with E-state index in [9.17, 15) is 4.79 Å². The van der Waals surface area contributed by atoms with Gasteiger partial charge in [0.2, 0.25) is 0 Å². The molecule has 1 heterocycles. The van der Waals surface area contributed by atoms with Gasteiger partial charge in [-0.3, -0.25) is 0 Å². The number of esters is 1. The van der Waals surface area contributed by atoms with Crippen molar-refractivity contribution in [3.05, 3.63) is 35.0 Å². The first-order valence-corrected chi connectivity index (χ1v) is 8.18. The molecule has 0 saturated heterocycles. The van der Waals surface area contributed by atoms with Crippen molar-refractivity contribution in [2.75, 3.05) is 20.3 Å². The maximum atomic E-state index is 12.4. The van der Waals surface area contributed by atoms with Crippen LogP contribution in [-0.2, 0) is 9.53 Å². The highest BCUT2D eigenvalue weighted by Gasteiger charge is 2.31. The molecule has 0 radical (unpaired) electrons. The lowest BCUT2D eigenvalue weighted by molar-refractivity contribution is -0.139. The van der Waals surface area contributed by atoms with Gasteiger partial charge < -0.3 is 24.8 Å². The normalized spacial score (nSPS) is 17.0. The van der Waals surface area contributed by atoms with E-state index in [0.29, 0.717) is 41.1 Å². The van der Waals surface area contributed by atoms with E-state index in [4.69, 9.17) is 26.4 Å². The van der Waals surface area contributed by atoms with Gasteiger partial charge in [-0.25, -0.2) is 4.79 Å². The molecule has 0 amide bonds. The van der Waals surface area contributed by atoms with Crippen molar-refractivity contribution in [3.63, 3.8) is 0 Å². The maximum absolute atomic E-state index is 12.4. The zero-order valence-corrected chi connectivity index (χ0v) is 15.1. The van der Waals surface area contributed by atoms with E-state index < -0.39 is 6.04 Å². The summed E-state index contributed by atoms with van der Waals surface area (Å²) in [5.74, 6) is 0.872. The Morgan fingerprint density at radius 2 is 2.00 bits per heavy atom. The van der Waals surface area contributed by atoms with E-state index in [-0.39, 0.29) is 5.97 Å². The third kappa shape index (κ3) is 3.79. The van der Waals surface area contributed by atoms with Crippen molar-refractivity contribution in [2.45, 2.75) is 26.8 Å². The minimum Gasteiger partial charge on any atom is -0.493 e. The van der Waals surface area contributed by atoms with E-state index in [1.807, 2.05) is 25.1 Å². The van der Waals surface area contributed by atoms with Crippen LogP contribution < -0.4 is 20.1 Å². The first-order chi connectivity index (χ1) is 11.5. The maximum Gasteiger partial charge on any atom is 0.338 e. The first kappa shape index (κ1) is 18.1. The Morgan fingerprint density at radius 3 is 2.62 bits per heavy atom. The molecule has 0 fully saturated rings. The van der Waals surface area contributed by atoms with Crippen LogP contribution in [-0.4, -0.2) is 31.4 Å². The second-order valence-corrected chi connectivity index (χ2v) is 5.54. The second-order valence-electron chi connectivity index (χ2n) is 5.13. The van der Waals surface area contributed by atoms with E-state index >= 15 is 0 Å². The Bertz CT molecular complexity index is 673. The number of methoxy groups -OCH3 is 1. The molecule has 6 nitrogen and oxygen atoms in total. The zero-order valence-electron chi connectivity index (χ0n) is 14.3. The number of rotatable bonds is 6. The molecule has 2 N–H and O–H groups in total. The molecule has 0 unspecified atom stereocenters.